The fraction of sp³-hybridized carbons (Fsp3) is 0. The first-order chi connectivity index (χ1) is 11.3. The van der Waals surface area contributed by atoms with Gasteiger partial charge in [-0.05, 0) is 36.4 Å². The molecule has 0 saturated heterocycles. The maximum atomic E-state index is 12.5. The molecule has 24 heavy (non-hydrogen) atoms. The lowest BCUT2D eigenvalue weighted by Gasteiger charge is -2.16. The zero-order chi connectivity index (χ0) is 17.6. The molecule has 1 aliphatic rings. The van der Waals surface area contributed by atoms with Gasteiger partial charge in [-0.2, -0.15) is 0 Å². The highest BCUT2D eigenvalue weighted by Crippen LogP contribution is 2.33. The number of amides is 2. The molecular weight excluding hydrogens is 318 g/mol. The second-order valence-corrected chi connectivity index (χ2v) is 5.02. The van der Waals surface area contributed by atoms with Gasteiger partial charge < -0.3 is 15.3 Å². The number of benzene rings is 2. The van der Waals surface area contributed by atoms with Crippen molar-refractivity contribution in [3.8, 4) is 5.75 Å². The first-order valence-corrected chi connectivity index (χ1v) is 6.63. The van der Waals surface area contributed by atoms with Crippen LogP contribution in [0.2, 0.25) is 0 Å². The van der Waals surface area contributed by atoms with Gasteiger partial charge in [0.15, 0.2) is 0 Å². The van der Waals surface area contributed by atoms with E-state index in [1.807, 2.05) is 0 Å². The van der Waals surface area contributed by atoms with Crippen molar-refractivity contribution in [2.24, 2.45) is 0 Å². The molecular formula is C16H9NO7. The fourth-order valence-electron chi connectivity index (χ4n) is 2.48. The molecule has 1 aliphatic heterocycles. The molecule has 3 N–H and O–H groups in total. The van der Waals surface area contributed by atoms with Crippen molar-refractivity contribution >= 4 is 29.4 Å². The standard InChI is InChI=1S/C16H9NO7/c18-8-2-4-12(11(6-8)16(23)24)17-13(19)9-3-1-7(15(21)22)5-10(9)14(17)20/h1-6,18H,(H,21,22)(H,23,24). The minimum atomic E-state index is -1.43. The van der Waals surface area contributed by atoms with Crippen LogP contribution in [0.5, 0.6) is 5.75 Å². The van der Waals surface area contributed by atoms with Gasteiger partial charge >= 0.3 is 11.9 Å². The number of aromatic carboxylic acids is 2. The summed E-state index contributed by atoms with van der Waals surface area (Å²) in [6, 6.07) is 6.67. The molecule has 8 nitrogen and oxygen atoms in total. The van der Waals surface area contributed by atoms with E-state index in [-0.39, 0.29) is 28.1 Å². The van der Waals surface area contributed by atoms with E-state index >= 15 is 0 Å². The average Bonchev–Trinajstić information content (AvgIpc) is 2.78. The molecule has 120 valence electrons. The predicted octanol–water partition coefficient (Wildman–Crippen LogP) is 1.59. The van der Waals surface area contributed by atoms with Gasteiger partial charge in [-0.1, -0.05) is 0 Å². The summed E-state index contributed by atoms with van der Waals surface area (Å²) in [6.45, 7) is 0. The Morgan fingerprint density at radius 1 is 0.833 bits per heavy atom. The van der Waals surface area contributed by atoms with Crippen LogP contribution in [-0.2, 0) is 0 Å². The molecule has 0 unspecified atom stereocenters. The van der Waals surface area contributed by atoms with Crippen molar-refractivity contribution in [1.82, 2.24) is 0 Å². The Morgan fingerprint density at radius 2 is 1.50 bits per heavy atom. The normalized spacial score (nSPS) is 13.1. The van der Waals surface area contributed by atoms with E-state index in [1.54, 1.807) is 0 Å². The topological polar surface area (TPSA) is 132 Å². The van der Waals surface area contributed by atoms with E-state index < -0.39 is 29.3 Å². The molecule has 0 aliphatic carbocycles. The summed E-state index contributed by atoms with van der Waals surface area (Å²) in [5, 5.41) is 27.6. The zero-order valence-corrected chi connectivity index (χ0v) is 11.9. The SMILES string of the molecule is O=C(O)c1ccc2c(c1)C(=O)N(c1ccc(O)cc1C(=O)O)C2=O. The molecule has 0 atom stereocenters. The van der Waals surface area contributed by atoms with Crippen LogP contribution in [0.3, 0.4) is 0 Å². The second kappa shape index (κ2) is 5.20. The Bertz CT molecular complexity index is 932. The zero-order valence-electron chi connectivity index (χ0n) is 11.9. The van der Waals surface area contributed by atoms with Gasteiger partial charge in [-0.25, -0.2) is 14.5 Å². The number of hydrogen-bond donors (Lipinski definition) is 3. The maximum absolute atomic E-state index is 12.5. The van der Waals surface area contributed by atoms with Gasteiger partial charge in [-0.3, -0.25) is 9.59 Å². The van der Waals surface area contributed by atoms with Crippen LogP contribution < -0.4 is 4.90 Å². The van der Waals surface area contributed by atoms with Crippen molar-refractivity contribution in [1.29, 1.82) is 0 Å². The highest BCUT2D eigenvalue weighted by atomic mass is 16.4. The van der Waals surface area contributed by atoms with Crippen molar-refractivity contribution < 1.29 is 34.5 Å². The van der Waals surface area contributed by atoms with Crippen LogP contribution in [0.1, 0.15) is 41.4 Å². The van der Waals surface area contributed by atoms with Crippen molar-refractivity contribution in [2.45, 2.75) is 0 Å². The van der Waals surface area contributed by atoms with Gasteiger partial charge in [0, 0.05) is 0 Å². The molecule has 8 heteroatoms. The fourth-order valence-corrected chi connectivity index (χ4v) is 2.48. The Labute approximate surface area is 134 Å². The van der Waals surface area contributed by atoms with Crippen LogP contribution >= 0.6 is 0 Å². The molecule has 0 spiro atoms. The number of rotatable bonds is 3. The van der Waals surface area contributed by atoms with Crippen LogP contribution in [0.25, 0.3) is 0 Å². The number of fused-ring (bicyclic) bond motifs is 1. The molecule has 0 bridgehead atoms. The monoisotopic (exact) mass is 327 g/mol. The lowest BCUT2D eigenvalue weighted by atomic mass is 10.1. The number of carbonyl (C=O) groups is 4. The van der Waals surface area contributed by atoms with E-state index in [0.29, 0.717) is 4.90 Å². The average molecular weight is 327 g/mol. The van der Waals surface area contributed by atoms with E-state index in [0.717, 1.165) is 24.3 Å². The number of imide groups is 1. The Balaban J connectivity index is 2.16. The first kappa shape index (κ1) is 15.2. The lowest BCUT2D eigenvalue weighted by Crippen LogP contribution is -2.30. The summed E-state index contributed by atoms with van der Waals surface area (Å²) in [4.78, 5) is 47.9. The number of carboxylic acid groups (broad SMARTS) is 2. The molecule has 0 fully saturated rings. The Kier molecular flexibility index (Phi) is 3.30. The number of anilines is 1. The first-order valence-electron chi connectivity index (χ1n) is 6.63. The third-order valence-corrected chi connectivity index (χ3v) is 3.58. The Hall–Kier alpha value is -3.68. The van der Waals surface area contributed by atoms with E-state index in [1.165, 1.54) is 12.1 Å². The molecule has 2 aromatic rings. The van der Waals surface area contributed by atoms with Gasteiger partial charge in [0.05, 0.1) is 27.9 Å². The number of phenols is 1. The summed E-state index contributed by atoms with van der Waals surface area (Å²) >= 11 is 0. The third kappa shape index (κ3) is 2.17. The molecule has 0 aromatic heterocycles. The van der Waals surface area contributed by atoms with Crippen molar-refractivity contribution in [2.75, 3.05) is 4.90 Å². The predicted molar refractivity (Wildman–Crippen MR) is 79.6 cm³/mol. The number of carboxylic acids is 2. The summed E-state index contributed by atoms with van der Waals surface area (Å²) in [5.74, 6) is -4.61. The van der Waals surface area contributed by atoms with Gasteiger partial charge in [-0.15, -0.1) is 0 Å². The van der Waals surface area contributed by atoms with Crippen LogP contribution in [-0.4, -0.2) is 39.1 Å². The minimum Gasteiger partial charge on any atom is -0.508 e. The van der Waals surface area contributed by atoms with Gasteiger partial charge in [0.25, 0.3) is 11.8 Å². The van der Waals surface area contributed by atoms with Crippen LogP contribution in [0.15, 0.2) is 36.4 Å². The summed E-state index contributed by atoms with van der Waals surface area (Å²) in [6.07, 6.45) is 0. The van der Waals surface area contributed by atoms with E-state index in [9.17, 15) is 29.4 Å². The summed E-state index contributed by atoms with van der Waals surface area (Å²) in [5.41, 5.74) is -0.939. The summed E-state index contributed by atoms with van der Waals surface area (Å²) < 4.78 is 0. The van der Waals surface area contributed by atoms with Gasteiger partial charge in [0.2, 0.25) is 0 Å². The number of aromatic hydroxyl groups is 1. The third-order valence-electron chi connectivity index (χ3n) is 3.58. The maximum Gasteiger partial charge on any atom is 0.337 e. The molecule has 1 heterocycles. The Morgan fingerprint density at radius 3 is 2.12 bits per heavy atom. The molecule has 3 rings (SSSR count). The smallest absolute Gasteiger partial charge is 0.337 e. The van der Waals surface area contributed by atoms with E-state index in [4.69, 9.17) is 5.11 Å². The number of carbonyl (C=O) groups excluding carboxylic acids is 2. The van der Waals surface area contributed by atoms with Gasteiger partial charge in [0.1, 0.15) is 5.75 Å². The van der Waals surface area contributed by atoms with Crippen LogP contribution in [0.4, 0.5) is 5.69 Å². The van der Waals surface area contributed by atoms with Crippen molar-refractivity contribution in [3.63, 3.8) is 0 Å². The highest BCUT2D eigenvalue weighted by molar-refractivity contribution is 6.35. The molecule has 2 aromatic carbocycles. The summed E-state index contributed by atoms with van der Waals surface area (Å²) in [7, 11) is 0. The molecule has 0 radical (unpaired) electrons. The number of phenolic OH excluding ortho intramolecular Hbond substituents is 1. The molecule has 0 saturated carbocycles. The second-order valence-electron chi connectivity index (χ2n) is 5.02. The number of hydrogen-bond acceptors (Lipinski definition) is 5. The van der Waals surface area contributed by atoms with Crippen molar-refractivity contribution in [3.05, 3.63) is 58.7 Å². The number of nitrogens with zero attached hydrogens (tertiary/aromatic N) is 1. The van der Waals surface area contributed by atoms with E-state index in [2.05, 4.69) is 0 Å². The largest absolute Gasteiger partial charge is 0.508 e. The molecule has 2 amide bonds. The lowest BCUT2D eigenvalue weighted by molar-refractivity contribution is 0.0686. The highest BCUT2D eigenvalue weighted by Gasteiger charge is 2.39. The minimum absolute atomic E-state index is 0.0191. The quantitative estimate of drug-likeness (QED) is 0.729. The van der Waals surface area contributed by atoms with Crippen LogP contribution in [0, 0.1) is 0 Å².